The van der Waals surface area contributed by atoms with Crippen LogP contribution in [0.5, 0.6) is 11.5 Å². The van der Waals surface area contributed by atoms with Crippen LogP contribution in [0.1, 0.15) is 89.7 Å². The van der Waals surface area contributed by atoms with Crippen LogP contribution in [0.2, 0.25) is 0 Å². The van der Waals surface area contributed by atoms with Gasteiger partial charge in [0, 0.05) is 55.4 Å². The van der Waals surface area contributed by atoms with Gasteiger partial charge in [0.25, 0.3) is 0 Å². The molecule has 8 rings (SSSR count). The lowest BCUT2D eigenvalue weighted by molar-refractivity contribution is -0.140. The quantitative estimate of drug-likeness (QED) is 0.103. The first-order valence-electron chi connectivity index (χ1n) is 18.8. The van der Waals surface area contributed by atoms with Gasteiger partial charge in [-0.2, -0.15) is 0 Å². The Morgan fingerprint density at radius 2 is 1.07 bits per heavy atom. The predicted octanol–water partition coefficient (Wildman–Crippen LogP) is 10.0. The largest absolute Gasteiger partial charge is 0.497 e. The minimum absolute atomic E-state index is 0.0644. The molecule has 2 heterocycles. The highest BCUT2D eigenvalue weighted by Gasteiger charge is 2.52. The van der Waals surface area contributed by atoms with Crippen LogP contribution in [-0.2, 0) is 31.2 Å². The van der Waals surface area contributed by atoms with E-state index < -0.39 is 16.8 Å². The first-order valence-corrected chi connectivity index (χ1v) is 18.8. The van der Waals surface area contributed by atoms with Crippen molar-refractivity contribution in [2.24, 2.45) is 0 Å². The summed E-state index contributed by atoms with van der Waals surface area (Å²) in [6, 6.07) is 31.4. The van der Waals surface area contributed by atoms with Gasteiger partial charge in [0.15, 0.2) is 0 Å². The number of rotatable bonds is 7. The van der Waals surface area contributed by atoms with Crippen LogP contribution in [0, 0.1) is 0 Å². The first-order chi connectivity index (χ1) is 26.0. The fraction of sp³-hybridized carbons (Fsp3) is 0.348. The molecule has 0 radical (unpaired) electrons. The van der Waals surface area contributed by atoms with Crippen molar-refractivity contribution in [1.82, 2.24) is 9.97 Å². The van der Waals surface area contributed by atoms with E-state index in [1.807, 2.05) is 72.8 Å². The number of benzene rings is 4. The number of carbonyl (C=O) groups is 2. The number of nitrogen functional groups attached to an aromatic ring is 1. The molecule has 2 aliphatic rings. The van der Waals surface area contributed by atoms with E-state index in [-0.39, 0.29) is 16.7 Å². The van der Waals surface area contributed by atoms with E-state index in [9.17, 15) is 9.59 Å². The summed E-state index contributed by atoms with van der Waals surface area (Å²) in [6.07, 6.45) is 3.25. The zero-order valence-corrected chi connectivity index (χ0v) is 33.2. The lowest BCUT2D eigenvalue weighted by Gasteiger charge is -2.16. The van der Waals surface area contributed by atoms with Crippen molar-refractivity contribution >= 4 is 45.1 Å². The van der Waals surface area contributed by atoms with Crippen molar-refractivity contribution in [3.8, 4) is 11.5 Å². The molecule has 0 bridgehead atoms. The number of hydrogen-bond acceptors (Lipinski definition) is 5. The van der Waals surface area contributed by atoms with Gasteiger partial charge in [-0.15, -0.1) is 0 Å². The molecule has 2 saturated carbocycles. The number of fused-ring (bicyclic) bond motifs is 2. The standard InChI is InChI=1S/C23H26N2O2.C12H16N2.C11H12O3/c1-22(2,3)20-14-15-13-17(7-10-19(15)25-20)24-21(26)23(11-12-23)16-5-8-18(27-4)9-6-16;1-12(2,3)11-7-8-6-9(13)4-5-10(8)14-11;1-14-9-4-2-8(3-5-9)11(6-7-11)10(12)13/h5-10,13-14,25H,11-12H2,1-4H3,(H,24,26);4-7,14H,13H2,1-3H3;2-5H,6-7H2,1H3,(H,12,13). The summed E-state index contributed by atoms with van der Waals surface area (Å²) in [5.41, 5.74) is 13.2. The number of carboxylic acid groups (broad SMARTS) is 1. The Labute approximate surface area is 323 Å². The molecule has 0 spiro atoms. The van der Waals surface area contributed by atoms with Crippen molar-refractivity contribution in [3.63, 3.8) is 0 Å². The molecule has 6 aromatic rings. The van der Waals surface area contributed by atoms with Gasteiger partial charge in [-0.3, -0.25) is 9.59 Å². The summed E-state index contributed by atoms with van der Waals surface area (Å²) < 4.78 is 10.2. The number of carboxylic acids is 1. The van der Waals surface area contributed by atoms with Gasteiger partial charge in [0.2, 0.25) is 5.91 Å². The number of hydrogen-bond donors (Lipinski definition) is 5. The second kappa shape index (κ2) is 14.9. The molecule has 2 aromatic heterocycles. The van der Waals surface area contributed by atoms with Crippen LogP contribution >= 0.6 is 0 Å². The number of ether oxygens (including phenoxy) is 2. The molecule has 55 heavy (non-hydrogen) atoms. The molecule has 4 aromatic carbocycles. The van der Waals surface area contributed by atoms with E-state index in [2.05, 4.69) is 69.0 Å². The average molecular weight is 743 g/mol. The Morgan fingerprint density at radius 1 is 0.636 bits per heavy atom. The fourth-order valence-electron chi connectivity index (χ4n) is 6.76. The monoisotopic (exact) mass is 742 g/mol. The van der Waals surface area contributed by atoms with Gasteiger partial charge < -0.3 is 35.6 Å². The lowest BCUT2D eigenvalue weighted by Crippen LogP contribution is -2.27. The second-order valence-corrected chi connectivity index (χ2v) is 16.9. The molecule has 0 unspecified atom stereocenters. The summed E-state index contributed by atoms with van der Waals surface area (Å²) in [5.74, 6) is 0.915. The highest BCUT2D eigenvalue weighted by Crippen LogP contribution is 2.50. The number of methoxy groups -OCH3 is 2. The Bertz CT molecular complexity index is 2300. The van der Waals surface area contributed by atoms with Crippen molar-refractivity contribution < 1.29 is 24.2 Å². The lowest BCUT2D eigenvalue weighted by atomic mass is 9.92. The van der Waals surface area contributed by atoms with Gasteiger partial charge in [0.1, 0.15) is 11.5 Å². The Kier molecular flexibility index (Phi) is 10.5. The SMILES string of the molecule is CC(C)(C)c1cc2cc(N)ccc2[nH]1.COc1ccc(C2(C(=O)Nc3ccc4[nH]c(C(C)(C)C)cc4c3)CC2)cc1.COc1ccc(C2(C(=O)O)CC2)cc1. The van der Waals surface area contributed by atoms with Gasteiger partial charge in [-0.05, 0) is 110 Å². The molecular formula is C46H54N4O5. The smallest absolute Gasteiger partial charge is 0.314 e. The molecule has 0 aliphatic heterocycles. The molecule has 9 nitrogen and oxygen atoms in total. The third kappa shape index (κ3) is 8.51. The third-order valence-corrected chi connectivity index (χ3v) is 10.8. The zero-order valence-electron chi connectivity index (χ0n) is 33.2. The summed E-state index contributed by atoms with van der Waals surface area (Å²) in [4.78, 5) is 30.9. The van der Waals surface area contributed by atoms with Crippen LogP contribution in [-0.4, -0.2) is 41.2 Å². The summed E-state index contributed by atoms with van der Waals surface area (Å²) in [7, 11) is 3.25. The minimum Gasteiger partial charge on any atom is -0.497 e. The molecule has 6 N–H and O–H groups in total. The zero-order chi connectivity index (χ0) is 39.8. The molecule has 0 saturated heterocycles. The number of H-pyrrole nitrogens is 2. The number of nitrogens with two attached hydrogens (primary N) is 1. The van der Waals surface area contributed by atoms with Crippen molar-refractivity contribution in [2.45, 2.75) is 88.9 Å². The van der Waals surface area contributed by atoms with E-state index >= 15 is 0 Å². The maximum Gasteiger partial charge on any atom is 0.314 e. The highest BCUT2D eigenvalue weighted by molar-refractivity contribution is 6.02. The van der Waals surface area contributed by atoms with Crippen LogP contribution in [0.25, 0.3) is 21.8 Å². The Hall–Kier alpha value is -5.70. The topological polar surface area (TPSA) is 142 Å². The molecule has 2 fully saturated rings. The normalized spacial score (nSPS) is 15.2. The van der Waals surface area contributed by atoms with Gasteiger partial charge in [-0.1, -0.05) is 65.8 Å². The number of anilines is 2. The van der Waals surface area contributed by atoms with E-state index in [1.54, 1.807) is 26.4 Å². The van der Waals surface area contributed by atoms with Gasteiger partial charge in [-0.25, -0.2) is 0 Å². The van der Waals surface area contributed by atoms with Gasteiger partial charge in [0.05, 0.1) is 25.0 Å². The Balaban J connectivity index is 0.000000155. The first kappa shape index (κ1) is 39.0. The van der Waals surface area contributed by atoms with Crippen LogP contribution in [0.3, 0.4) is 0 Å². The minimum atomic E-state index is -0.720. The molecular weight excluding hydrogens is 689 g/mol. The number of aromatic nitrogens is 2. The third-order valence-electron chi connectivity index (χ3n) is 10.8. The number of aromatic amines is 2. The van der Waals surface area contributed by atoms with Crippen molar-refractivity contribution in [1.29, 1.82) is 0 Å². The Morgan fingerprint density at radius 3 is 1.49 bits per heavy atom. The molecule has 9 heteroatoms. The highest BCUT2D eigenvalue weighted by atomic mass is 16.5. The van der Waals surface area contributed by atoms with Crippen LogP contribution in [0.15, 0.2) is 97.1 Å². The number of carbonyl (C=O) groups excluding carboxylic acids is 1. The predicted molar refractivity (Wildman–Crippen MR) is 222 cm³/mol. The molecule has 288 valence electrons. The summed E-state index contributed by atoms with van der Waals surface area (Å²) in [6.45, 7) is 13.1. The molecule has 1 amide bonds. The van der Waals surface area contributed by atoms with Crippen LogP contribution in [0.4, 0.5) is 11.4 Å². The fourth-order valence-corrected chi connectivity index (χ4v) is 6.76. The number of nitrogens with one attached hydrogen (secondary N) is 3. The maximum absolute atomic E-state index is 13.0. The molecule has 0 atom stereocenters. The van der Waals surface area contributed by atoms with Crippen molar-refractivity contribution in [3.05, 3.63) is 120 Å². The van der Waals surface area contributed by atoms with E-state index in [1.165, 1.54) is 16.8 Å². The molecule has 2 aliphatic carbocycles. The number of aliphatic carboxylic acids is 1. The van der Waals surface area contributed by atoms with Gasteiger partial charge >= 0.3 is 5.97 Å². The van der Waals surface area contributed by atoms with Crippen LogP contribution < -0.4 is 20.5 Å². The maximum atomic E-state index is 13.0. The number of amides is 1. The average Bonchev–Trinajstić information content (AvgIpc) is 4.06. The van der Waals surface area contributed by atoms with E-state index in [4.69, 9.17) is 20.3 Å². The van der Waals surface area contributed by atoms with Crippen molar-refractivity contribution in [2.75, 3.05) is 25.3 Å². The summed E-state index contributed by atoms with van der Waals surface area (Å²) >= 11 is 0. The van der Waals surface area contributed by atoms with E-state index in [0.717, 1.165) is 76.1 Å². The van der Waals surface area contributed by atoms with E-state index in [0.29, 0.717) is 0 Å². The summed E-state index contributed by atoms with van der Waals surface area (Å²) in [5, 5.41) is 14.5. The second-order valence-electron chi connectivity index (χ2n) is 16.9.